The van der Waals surface area contributed by atoms with E-state index in [-0.39, 0.29) is 36.7 Å². The van der Waals surface area contributed by atoms with Gasteiger partial charge in [0.2, 0.25) is 0 Å². The lowest BCUT2D eigenvalue weighted by molar-refractivity contribution is 0.161. The summed E-state index contributed by atoms with van der Waals surface area (Å²) < 4.78 is 19.4. The van der Waals surface area contributed by atoms with Gasteiger partial charge in [0.25, 0.3) is 0 Å². The number of nitrogens with one attached hydrogen (secondary N) is 1. The topological polar surface area (TPSA) is 24.5 Å². The second kappa shape index (κ2) is 10.2. The number of rotatable bonds is 5. The Balaban J connectivity index is 0.00000200. The molecule has 21 heavy (non-hydrogen) atoms. The molecule has 0 amide bonds. The van der Waals surface area contributed by atoms with Gasteiger partial charge in [-0.15, -0.1) is 24.8 Å². The molecule has 3 nitrogen and oxygen atoms in total. The third-order valence-corrected chi connectivity index (χ3v) is 3.72. The minimum Gasteiger partial charge on any atom is -0.497 e. The maximum Gasteiger partial charge on any atom is 0.128 e. The quantitative estimate of drug-likeness (QED) is 0.890. The van der Waals surface area contributed by atoms with E-state index in [9.17, 15) is 4.39 Å². The van der Waals surface area contributed by atoms with Crippen LogP contribution < -0.4 is 10.1 Å². The van der Waals surface area contributed by atoms with Gasteiger partial charge in [0.05, 0.1) is 7.11 Å². The molecule has 1 N–H and O–H groups in total. The summed E-state index contributed by atoms with van der Waals surface area (Å²) in [6, 6.07) is 5.19. The molecule has 2 rings (SSSR count). The van der Waals surface area contributed by atoms with Crippen molar-refractivity contribution in [3.63, 3.8) is 0 Å². The molecule has 1 saturated heterocycles. The molecule has 1 heterocycles. The van der Waals surface area contributed by atoms with Gasteiger partial charge in [-0.1, -0.05) is 13.3 Å². The van der Waals surface area contributed by atoms with Crippen LogP contribution in [0.15, 0.2) is 18.2 Å². The molecule has 0 radical (unpaired) electrons. The van der Waals surface area contributed by atoms with E-state index in [0.717, 1.165) is 50.3 Å². The molecule has 6 heteroatoms. The molecule has 0 spiro atoms. The summed E-state index contributed by atoms with van der Waals surface area (Å²) in [4.78, 5) is 2.37. The number of benzene rings is 1. The van der Waals surface area contributed by atoms with Crippen LogP contribution in [-0.4, -0.2) is 38.2 Å². The van der Waals surface area contributed by atoms with Crippen molar-refractivity contribution < 1.29 is 9.13 Å². The Morgan fingerprint density at radius 2 is 1.95 bits per heavy atom. The zero-order valence-electron chi connectivity index (χ0n) is 12.6. The molecule has 1 atom stereocenters. The number of halogens is 3. The number of methoxy groups -OCH3 is 1. The maximum absolute atomic E-state index is 14.1. The Kier molecular flexibility index (Phi) is 9.95. The molecular formula is C15H25Cl2FN2O. The van der Waals surface area contributed by atoms with Crippen molar-refractivity contribution in [3.05, 3.63) is 29.6 Å². The average molecular weight is 339 g/mol. The first-order valence-corrected chi connectivity index (χ1v) is 7.04. The number of ether oxygens (including phenoxy) is 1. The van der Waals surface area contributed by atoms with Crippen LogP contribution in [0, 0.1) is 5.82 Å². The highest BCUT2D eigenvalue weighted by atomic mass is 35.5. The Morgan fingerprint density at radius 1 is 1.29 bits per heavy atom. The summed E-state index contributed by atoms with van der Waals surface area (Å²) in [6.07, 6.45) is 2.02. The van der Waals surface area contributed by atoms with Crippen molar-refractivity contribution in [2.75, 3.05) is 33.3 Å². The number of hydrogen-bond donors (Lipinski definition) is 1. The Hall–Kier alpha value is -0.550. The third-order valence-electron chi connectivity index (χ3n) is 3.72. The minimum absolute atomic E-state index is 0. The van der Waals surface area contributed by atoms with E-state index in [4.69, 9.17) is 4.74 Å². The van der Waals surface area contributed by atoms with E-state index in [0.29, 0.717) is 0 Å². The van der Waals surface area contributed by atoms with Crippen LogP contribution in [0.2, 0.25) is 0 Å². The van der Waals surface area contributed by atoms with Gasteiger partial charge in [0.15, 0.2) is 0 Å². The minimum atomic E-state index is -0.127. The van der Waals surface area contributed by atoms with Crippen molar-refractivity contribution >= 4 is 24.8 Å². The molecule has 0 aliphatic carbocycles. The third kappa shape index (κ3) is 5.29. The molecular weight excluding hydrogens is 314 g/mol. The number of piperazine rings is 1. The molecule has 1 fully saturated rings. The van der Waals surface area contributed by atoms with E-state index in [1.807, 2.05) is 6.07 Å². The van der Waals surface area contributed by atoms with Gasteiger partial charge in [0.1, 0.15) is 11.6 Å². The van der Waals surface area contributed by atoms with E-state index in [1.165, 1.54) is 6.07 Å². The normalized spacial score (nSPS) is 16.5. The van der Waals surface area contributed by atoms with Crippen LogP contribution in [0.3, 0.4) is 0 Å². The predicted octanol–water partition coefficient (Wildman–Crippen LogP) is 3.42. The molecule has 0 aromatic heterocycles. The summed E-state index contributed by atoms with van der Waals surface area (Å²) in [7, 11) is 1.62. The highest BCUT2D eigenvalue weighted by molar-refractivity contribution is 5.85. The lowest BCUT2D eigenvalue weighted by atomic mass is 9.99. The fourth-order valence-electron chi connectivity index (χ4n) is 2.71. The predicted molar refractivity (Wildman–Crippen MR) is 89.5 cm³/mol. The highest BCUT2D eigenvalue weighted by Gasteiger charge is 2.24. The number of hydrogen-bond acceptors (Lipinski definition) is 3. The van der Waals surface area contributed by atoms with Crippen LogP contribution in [0.4, 0.5) is 4.39 Å². The van der Waals surface area contributed by atoms with E-state index in [1.54, 1.807) is 13.2 Å². The van der Waals surface area contributed by atoms with Gasteiger partial charge < -0.3 is 10.1 Å². The second-order valence-corrected chi connectivity index (χ2v) is 4.98. The van der Waals surface area contributed by atoms with Crippen molar-refractivity contribution in [3.8, 4) is 5.75 Å². The first kappa shape index (κ1) is 20.5. The van der Waals surface area contributed by atoms with Gasteiger partial charge in [0, 0.05) is 37.8 Å². The second-order valence-electron chi connectivity index (χ2n) is 4.98. The Labute approximate surface area is 139 Å². The van der Waals surface area contributed by atoms with Crippen molar-refractivity contribution in [2.24, 2.45) is 0 Å². The molecule has 1 aromatic rings. The Bertz CT molecular complexity index is 415. The highest BCUT2D eigenvalue weighted by Crippen LogP contribution is 2.30. The molecule has 1 aromatic carbocycles. The fraction of sp³-hybridized carbons (Fsp3) is 0.600. The van der Waals surface area contributed by atoms with E-state index < -0.39 is 0 Å². The molecule has 0 bridgehead atoms. The fourth-order valence-corrected chi connectivity index (χ4v) is 2.71. The maximum atomic E-state index is 14.1. The van der Waals surface area contributed by atoms with Gasteiger partial charge in [-0.25, -0.2) is 4.39 Å². The van der Waals surface area contributed by atoms with Crippen molar-refractivity contribution in [1.82, 2.24) is 10.2 Å². The summed E-state index contributed by atoms with van der Waals surface area (Å²) >= 11 is 0. The molecule has 1 aliphatic rings. The molecule has 0 saturated carbocycles. The van der Waals surface area contributed by atoms with Crippen molar-refractivity contribution in [1.29, 1.82) is 0 Å². The standard InChI is InChI=1S/C15H23FN2O.2ClH/c1-3-4-15(18-9-7-17-8-10-18)13-11-12(19-2)5-6-14(13)16;;/h5-6,11,15,17H,3-4,7-10H2,1-2H3;2*1H/t15-;;/m1../s1. The SMILES string of the molecule is CCC[C@H](c1cc(OC)ccc1F)N1CCNCC1.Cl.Cl. The van der Waals surface area contributed by atoms with Gasteiger partial charge in [-0.05, 0) is 24.6 Å². The number of nitrogens with zero attached hydrogens (tertiary/aromatic N) is 1. The smallest absolute Gasteiger partial charge is 0.128 e. The van der Waals surface area contributed by atoms with E-state index in [2.05, 4.69) is 17.1 Å². The zero-order valence-corrected chi connectivity index (χ0v) is 14.2. The molecule has 1 aliphatic heterocycles. The summed E-state index contributed by atoms with van der Waals surface area (Å²) in [5, 5.41) is 3.34. The van der Waals surface area contributed by atoms with Crippen LogP contribution in [0.1, 0.15) is 31.4 Å². The zero-order chi connectivity index (χ0) is 13.7. The van der Waals surface area contributed by atoms with E-state index >= 15 is 0 Å². The first-order chi connectivity index (χ1) is 9.26. The van der Waals surface area contributed by atoms with Gasteiger partial charge in [-0.2, -0.15) is 0 Å². The Morgan fingerprint density at radius 3 is 2.52 bits per heavy atom. The average Bonchev–Trinajstić information content (AvgIpc) is 2.47. The summed E-state index contributed by atoms with van der Waals surface area (Å²) in [6.45, 7) is 6.05. The van der Waals surface area contributed by atoms with Crippen LogP contribution >= 0.6 is 24.8 Å². The van der Waals surface area contributed by atoms with Gasteiger partial charge in [-0.3, -0.25) is 4.90 Å². The summed E-state index contributed by atoms with van der Waals surface area (Å²) in [5.41, 5.74) is 0.767. The largest absolute Gasteiger partial charge is 0.497 e. The van der Waals surface area contributed by atoms with Gasteiger partial charge >= 0.3 is 0 Å². The van der Waals surface area contributed by atoms with Crippen LogP contribution in [0.5, 0.6) is 5.75 Å². The lowest BCUT2D eigenvalue weighted by Gasteiger charge is -2.35. The lowest BCUT2D eigenvalue weighted by Crippen LogP contribution is -2.45. The molecule has 0 unspecified atom stereocenters. The first-order valence-electron chi connectivity index (χ1n) is 7.04. The molecule has 122 valence electrons. The van der Waals surface area contributed by atoms with Crippen LogP contribution in [0.25, 0.3) is 0 Å². The van der Waals surface area contributed by atoms with Crippen molar-refractivity contribution in [2.45, 2.75) is 25.8 Å². The van der Waals surface area contributed by atoms with Crippen LogP contribution in [-0.2, 0) is 0 Å². The monoisotopic (exact) mass is 338 g/mol. The summed E-state index contributed by atoms with van der Waals surface area (Å²) in [5.74, 6) is 0.602.